The molecule has 3 rings (SSSR count). The number of aromatic nitrogens is 1. The van der Waals surface area contributed by atoms with Crippen LogP contribution in [-0.4, -0.2) is 20.8 Å². The van der Waals surface area contributed by atoms with E-state index in [1.165, 1.54) is 0 Å². The van der Waals surface area contributed by atoms with Crippen molar-refractivity contribution in [3.63, 3.8) is 0 Å². The zero-order valence-corrected chi connectivity index (χ0v) is 11.8. The first-order valence-electron chi connectivity index (χ1n) is 7.34. The van der Waals surface area contributed by atoms with Crippen LogP contribution >= 0.6 is 0 Å². The lowest BCUT2D eigenvalue weighted by Crippen LogP contribution is -2.40. The summed E-state index contributed by atoms with van der Waals surface area (Å²) in [6, 6.07) is 9.53. The molecule has 0 saturated heterocycles. The molecule has 0 bridgehead atoms. The van der Waals surface area contributed by atoms with Gasteiger partial charge in [0.2, 0.25) is 0 Å². The van der Waals surface area contributed by atoms with Crippen LogP contribution in [0.3, 0.4) is 0 Å². The number of hydrogen-bond acceptors (Lipinski definition) is 3. The van der Waals surface area contributed by atoms with Gasteiger partial charge in [-0.2, -0.15) is 0 Å². The lowest BCUT2D eigenvalue weighted by atomic mass is 9.74. The summed E-state index contributed by atoms with van der Waals surface area (Å²) < 4.78 is 0. The Morgan fingerprint density at radius 3 is 2.70 bits per heavy atom. The molecule has 2 N–H and O–H groups in total. The van der Waals surface area contributed by atoms with E-state index in [1.807, 2.05) is 30.3 Å². The normalized spacial score (nSPS) is 28.4. The second-order valence-electron chi connectivity index (χ2n) is 6.11. The van der Waals surface area contributed by atoms with Crippen LogP contribution in [-0.2, 0) is 0 Å². The molecule has 2 aromatic rings. The Bertz CT molecular complexity index is 597. The number of aliphatic hydroxyl groups excluding tert-OH is 1. The molecule has 0 aliphatic heterocycles. The molecule has 1 heterocycles. The second kappa shape index (κ2) is 5.15. The monoisotopic (exact) mass is 271 g/mol. The van der Waals surface area contributed by atoms with Crippen molar-refractivity contribution in [2.75, 3.05) is 0 Å². The summed E-state index contributed by atoms with van der Waals surface area (Å²) >= 11 is 0. The Kier molecular flexibility index (Phi) is 3.48. The quantitative estimate of drug-likeness (QED) is 0.882. The molecule has 3 nitrogen and oxygen atoms in total. The summed E-state index contributed by atoms with van der Waals surface area (Å²) in [5.74, 6) is 0.636. The van der Waals surface area contributed by atoms with Crippen LogP contribution in [0.2, 0.25) is 0 Å². The lowest BCUT2D eigenvalue weighted by molar-refractivity contribution is -0.105. The number of nitrogens with zero attached hydrogens (tertiary/aromatic N) is 1. The highest BCUT2D eigenvalue weighted by molar-refractivity contribution is 5.82. The van der Waals surface area contributed by atoms with Crippen LogP contribution in [0.5, 0.6) is 0 Å². The van der Waals surface area contributed by atoms with Crippen molar-refractivity contribution in [3.05, 3.63) is 42.1 Å². The van der Waals surface area contributed by atoms with E-state index in [-0.39, 0.29) is 0 Å². The Balaban J connectivity index is 1.98. The fourth-order valence-corrected chi connectivity index (χ4v) is 3.19. The van der Waals surface area contributed by atoms with Crippen molar-refractivity contribution in [2.24, 2.45) is 5.92 Å². The molecule has 0 radical (unpaired) electrons. The predicted molar refractivity (Wildman–Crippen MR) is 79.3 cm³/mol. The number of pyridine rings is 1. The molecule has 1 aliphatic rings. The third-order valence-electron chi connectivity index (χ3n) is 4.62. The minimum Gasteiger partial charge on any atom is -0.387 e. The zero-order chi connectivity index (χ0) is 14.2. The van der Waals surface area contributed by atoms with Gasteiger partial charge in [0, 0.05) is 11.6 Å². The minimum atomic E-state index is -1.00. The van der Waals surface area contributed by atoms with Gasteiger partial charge in [0.1, 0.15) is 6.10 Å². The van der Waals surface area contributed by atoms with Crippen molar-refractivity contribution in [1.29, 1.82) is 0 Å². The lowest BCUT2D eigenvalue weighted by Gasteiger charge is -2.39. The van der Waals surface area contributed by atoms with Crippen molar-refractivity contribution in [3.8, 4) is 0 Å². The molecule has 1 aromatic heterocycles. The first-order chi connectivity index (χ1) is 9.60. The molecule has 20 heavy (non-hydrogen) atoms. The summed E-state index contributed by atoms with van der Waals surface area (Å²) in [7, 11) is 0. The van der Waals surface area contributed by atoms with Crippen LogP contribution < -0.4 is 0 Å². The fourth-order valence-electron chi connectivity index (χ4n) is 3.19. The maximum atomic E-state index is 10.8. The van der Waals surface area contributed by atoms with E-state index in [4.69, 9.17) is 0 Å². The first-order valence-corrected chi connectivity index (χ1v) is 7.34. The van der Waals surface area contributed by atoms with Crippen LogP contribution in [0.15, 0.2) is 36.5 Å². The van der Waals surface area contributed by atoms with Gasteiger partial charge in [-0.25, -0.2) is 0 Å². The minimum absolute atomic E-state index is 0.636. The van der Waals surface area contributed by atoms with E-state index in [0.29, 0.717) is 18.8 Å². The molecular weight excluding hydrogens is 250 g/mol. The first kappa shape index (κ1) is 13.5. The molecule has 1 aliphatic carbocycles. The maximum absolute atomic E-state index is 10.8. The van der Waals surface area contributed by atoms with Gasteiger partial charge in [0.25, 0.3) is 0 Å². The maximum Gasteiger partial charge on any atom is 0.108 e. The van der Waals surface area contributed by atoms with Crippen molar-refractivity contribution in [2.45, 2.75) is 44.3 Å². The third-order valence-corrected chi connectivity index (χ3v) is 4.62. The van der Waals surface area contributed by atoms with Crippen LogP contribution in [0.4, 0.5) is 0 Å². The molecule has 106 valence electrons. The Hall–Kier alpha value is -1.45. The van der Waals surface area contributed by atoms with Gasteiger partial charge in [0.15, 0.2) is 0 Å². The van der Waals surface area contributed by atoms with Crippen molar-refractivity contribution >= 4 is 10.9 Å². The van der Waals surface area contributed by atoms with E-state index in [9.17, 15) is 10.2 Å². The predicted octanol–water partition coefficient (Wildman–Crippen LogP) is 3.21. The van der Waals surface area contributed by atoms with Crippen molar-refractivity contribution < 1.29 is 10.2 Å². The van der Waals surface area contributed by atoms with E-state index < -0.39 is 11.7 Å². The summed E-state index contributed by atoms with van der Waals surface area (Å²) in [6.07, 6.45) is 4.16. The van der Waals surface area contributed by atoms with Crippen LogP contribution in [0.1, 0.15) is 44.3 Å². The Morgan fingerprint density at radius 1 is 1.20 bits per heavy atom. The number of rotatable bonds is 2. The third kappa shape index (κ3) is 2.32. The highest BCUT2D eigenvalue weighted by Crippen LogP contribution is 2.41. The number of benzene rings is 1. The summed E-state index contributed by atoms with van der Waals surface area (Å²) in [5, 5.41) is 22.4. The van der Waals surface area contributed by atoms with E-state index in [1.54, 1.807) is 6.20 Å². The molecule has 3 heteroatoms. The zero-order valence-electron chi connectivity index (χ0n) is 11.8. The number of hydrogen-bond donors (Lipinski definition) is 2. The highest BCUT2D eigenvalue weighted by atomic mass is 16.3. The number of fused-ring (bicyclic) bond motifs is 1. The Morgan fingerprint density at radius 2 is 1.95 bits per heavy atom. The molecule has 1 fully saturated rings. The molecule has 1 saturated carbocycles. The van der Waals surface area contributed by atoms with Crippen LogP contribution in [0.25, 0.3) is 10.9 Å². The smallest absolute Gasteiger partial charge is 0.108 e. The summed E-state index contributed by atoms with van der Waals surface area (Å²) in [5.41, 5.74) is 0.640. The molecule has 0 amide bonds. The van der Waals surface area contributed by atoms with Gasteiger partial charge >= 0.3 is 0 Å². The molecular formula is C17H21NO2. The average molecular weight is 271 g/mol. The van der Waals surface area contributed by atoms with Gasteiger partial charge in [-0.15, -0.1) is 0 Å². The summed E-state index contributed by atoms with van der Waals surface area (Å²) in [6.45, 7) is 2.20. The van der Waals surface area contributed by atoms with E-state index in [0.717, 1.165) is 29.3 Å². The van der Waals surface area contributed by atoms with E-state index >= 15 is 0 Å². The number of aliphatic hydroxyl groups is 2. The van der Waals surface area contributed by atoms with Gasteiger partial charge in [-0.05, 0) is 49.3 Å². The van der Waals surface area contributed by atoms with E-state index in [2.05, 4.69) is 11.9 Å². The SMILES string of the molecule is CC1CCC(O)(C(O)c2cccc3ncccc23)CC1. The van der Waals surface area contributed by atoms with Gasteiger partial charge < -0.3 is 10.2 Å². The molecule has 1 aromatic carbocycles. The molecule has 1 atom stereocenters. The largest absolute Gasteiger partial charge is 0.387 e. The Labute approximate surface area is 119 Å². The average Bonchev–Trinajstić information content (AvgIpc) is 2.49. The standard InChI is InChI=1S/C17H21NO2/c1-12-7-9-17(20,10-8-12)16(19)14-4-2-6-15-13(14)5-3-11-18-15/h2-6,11-12,16,19-20H,7-10H2,1H3. The van der Waals surface area contributed by atoms with Gasteiger partial charge in [0.05, 0.1) is 11.1 Å². The molecule has 1 unspecified atom stereocenters. The summed E-state index contributed by atoms with van der Waals surface area (Å²) in [4.78, 5) is 4.31. The van der Waals surface area contributed by atoms with Gasteiger partial charge in [-0.1, -0.05) is 25.1 Å². The van der Waals surface area contributed by atoms with Crippen molar-refractivity contribution in [1.82, 2.24) is 4.98 Å². The topological polar surface area (TPSA) is 53.4 Å². The highest BCUT2D eigenvalue weighted by Gasteiger charge is 2.39. The molecule has 0 spiro atoms. The fraction of sp³-hybridized carbons (Fsp3) is 0.471. The van der Waals surface area contributed by atoms with Crippen LogP contribution in [0, 0.1) is 5.92 Å². The van der Waals surface area contributed by atoms with Gasteiger partial charge in [-0.3, -0.25) is 4.98 Å². The second-order valence-corrected chi connectivity index (χ2v) is 6.11.